The summed E-state index contributed by atoms with van der Waals surface area (Å²) in [6.45, 7) is 0. The van der Waals surface area contributed by atoms with Gasteiger partial charge in [0.15, 0.2) is 0 Å². The van der Waals surface area contributed by atoms with Crippen LogP contribution >= 0.6 is 11.8 Å². The Morgan fingerprint density at radius 3 is 2.75 bits per heavy atom. The van der Waals surface area contributed by atoms with Crippen LogP contribution in [0.15, 0.2) is 0 Å². The van der Waals surface area contributed by atoms with Crippen LogP contribution in [0.4, 0.5) is 0 Å². The number of hydrogen-bond acceptors (Lipinski definition) is 3. The number of carbonyl (C=O) groups is 1. The Balaban J connectivity index is 2.65. The largest absolute Gasteiger partial charge is 0.481 e. The zero-order chi connectivity index (χ0) is 8.97. The lowest BCUT2D eigenvalue weighted by atomic mass is 9.89. The fourth-order valence-electron chi connectivity index (χ4n) is 1.38. The second-order valence-corrected chi connectivity index (χ2v) is 4.09. The second kappa shape index (κ2) is 4.36. The summed E-state index contributed by atoms with van der Waals surface area (Å²) >= 11 is 1.74. The van der Waals surface area contributed by atoms with Gasteiger partial charge in [-0.15, -0.1) is 0 Å². The highest BCUT2D eigenvalue weighted by Crippen LogP contribution is 2.27. The highest BCUT2D eigenvalue weighted by Gasteiger charge is 2.29. The molecule has 12 heavy (non-hydrogen) atoms. The molecule has 3 nitrogen and oxygen atoms in total. The van der Waals surface area contributed by atoms with E-state index in [4.69, 9.17) is 10.4 Å². The van der Waals surface area contributed by atoms with Gasteiger partial charge in [-0.05, 0) is 24.3 Å². The number of rotatable bonds is 1. The fraction of sp³-hybridized carbons (Fsp3) is 0.750. The van der Waals surface area contributed by atoms with Crippen LogP contribution in [-0.2, 0) is 4.79 Å². The van der Waals surface area contributed by atoms with Crippen LogP contribution in [0.25, 0.3) is 0 Å². The van der Waals surface area contributed by atoms with Gasteiger partial charge in [-0.2, -0.15) is 17.0 Å². The first-order valence-corrected chi connectivity index (χ1v) is 5.11. The van der Waals surface area contributed by atoms with Gasteiger partial charge >= 0.3 is 5.97 Å². The van der Waals surface area contributed by atoms with E-state index in [2.05, 4.69) is 6.07 Å². The van der Waals surface area contributed by atoms with Crippen LogP contribution < -0.4 is 0 Å². The predicted octanol–water partition coefficient (Wildman–Crippen LogP) is 1.35. The highest BCUT2D eigenvalue weighted by atomic mass is 32.2. The lowest BCUT2D eigenvalue weighted by Gasteiger charge is -2.12. The monoisotopic (exact) mass is 185 g/mol. The SMILES string of the molecule is N#C[C@@H]1CCSCC[C@H]1C(=O)O. The fourth-order valence-corrected chi connectivity index (χ4v) is 2.42. The molecule has 1 saturated heterocycles. The van der Waals surface area contributed by atoms with Crippen LogP contribution in [0, 0.1) is 23.2 Å². The number of thioether (sulfide) groups is 1. The normalized spacial score (nSPS) is 30.2. The lowest BCUT2D eigenvalue weighted by Crippen LogP contribution is -2.22. The van der Waals surface area contributed by atoms with E-state index in [1.54, 1.807) is 11.8 Å². The molecule has 1 fully saturated rings. The molecule has 66 valence electrons. The van der Waals surface area contributed by atoms with Crippen molar-refractivity contribution >= 4 is 17.7 Å². The first kappa shape index (κ1) is 9.40. The third-order valence-electron chi connectivity index (χ3n) is 2.12. The first-order valence-electron chi connectivity index (χ1n) is 3.96. The quantitative estimate of drug-likeness (QED) is 0.670. The molecule has 0 saturated carbocycles. The molecule has 1 N–H and O–H groups in total. The predicted molar refractivity (Wildman–Crippen MR) is 46.8 cm³/mol. The van der Waals surface area contributed by atoms with Gasteiger partial charge in [0.05, 0.1) is 17.9 Å². The van der Waals surface area contributed by atoms with Crippen molar-refractivity contribution in [1.82, 2.24) is 0 Å². The number of carboxylic acids is 1. The summed E-state index contributed by atoms with van der Waals surface area (Å²) in [6, 6.07) is 2.08. The summed E-state index contributed by atoms with van der Waals surface area (Å²) in [4.78, 5) is 10.7. The van der Waals surface area contributed by atoms with E-state index < -0.39 is 11.9 Å². The average Bonchev–Trinajstić information content (AvgIpc) is 2.27. The molecule has 0 radical (unpaired) electrons. The summed E-state index contributed by atoms with van der Waals surface area (Å²) in [6.07, 6.45) is 1.36. The summed E-state index contributed by atoms with van der Waals surface area (Å²) in [7, 11) is 0. The van der Waals surface area contributed by atoms with Crippen molar-refractivity contribution in [3.63, 3.8) is 0 Å². The maximum absolute atomic E-state index is 10.7. The van der Waals surface area contributed by atoms with E-state index in [9.17, 15) is 4.79 Å². The number of nitriles is 1. The molecule has 0 aliphatic carbocycles. The summed E-state index contributed by atoms with van der Waals surface area (Å²) in [5, 5.41) is 17.5. The maximum atomic E-state index is 10.7. The molecule has 2 atom stereocenters. The second-order valence-electron chi connectivity index (χ2n) is 2.87. The molecule has 0 spiro atoms. The molecule has 1 heterocycles. The average molecular weight is 185 g/mol. The molecule has 0 aromatic carbocycles. The van der Waals surface area contributed by atoms with E-state index in [1.165, 1.54) is 0 Å². The summed E-state index contributed by atoms with van der Waals surface area (Å²) in [5.74, 6) is 0.253. The Kier molecular flexibility index (Phi) is 3.42. The molecule has 0 aromatic heterocycles. The van der Waals surface area contributed by atoms with E-state index in [0.717, 1.165) is 17.9 Å². The van der Waals surface area contributed by atoms with Crippen molar-refractivity contribution in [1.29, 1.82) is 5.26 Å². The van der Waals surface area contributed by atoms with E-state index in [-0.39, 0.29) is 5.92 Å². The smallest absolute Gasteiger partial charge is 0.307 e. The Hall–Kier alpha value is -0.690. The highest BCUT2D eigenvalue weighted by molar-refractivity contribution is 7.99. The molecule has 1 aliphatic heterocycles. The number of aliphatic carboxylic acids is 1. The molecule has 0 bridgehead atoms. The van der Waals surface area contributed by atoms with Gasteiger partial charge in [0, 0.05) is 0 Å². The number of nitrogens with zero attached hydrogens (tertiary/aromatic N) is 1. The van der Waals surface area contributed by atoms with Crippen LogP contribution in [0.3, 0.4) is 0 Å². The Morgan fingerprint density at radius 1 is 1.50 bits per heavy atom. The zero-order valence-electron chi connectivity index (χ0n) is 6.69. The molecule has 1 aliphatic rings. The first-order chi connectivity index (χ1) is 5.75. The number of carboxylic acid groups (broad SMARTS) is 1. The Bertz CT molecular complexity index is 212. The lowest BCUT2D eigenvalue weighted by molar-refractivity contribution is -0.143. The Labute approximate surface area is 75.8 Å². The van der Waals surface area contributed by atoms with Gasteiger partial charge in [-0.1, -0.05) is 0 Å². The minimum Gasteiger partial charge on any atom is -0.481 e. The van der Waals surface area contributed by atoms with Crippen molar-refractivity contribution in [2.45, 2.75) is 12.8 Å². The minimum absolute atomic E-state index is 0.280. The molecule has 0 unspecified atom stereocenters. The topological polar surface area (TPSA) is 61.1 Å². The van der Waals surface area contributed by atoms with E-state index in [0.29, 0.717) is 6.42 Å². The standard InChI is InChI=1S/C8H11NO2S/c9-5-6-1-3-12-4-2-7(6)8(10)11/h6-7H,1-4H2,(H,10,11)/t6-,7+/m0/s1. The van der Waals surface area contributed by atoms with Crippen molar-refractivity contribution in [2.75, 3.05) is 11.5 Å². The van der Waals surface area contributed by atoms with E-state index >= 15 is 0 Å². The van der Waals surface area contributed by atoms with Crippen LogP contribution in [0.2, 0.25) is 0 Å². The van der Waals surface area contributed by atoms with Crippen molar-refractivity contribution in [2.24, 2.45) is 11.8 Å². The van der Waals surface area contributed by atoms with Crippen molar-refractivity contribution in [3.8, 4) is 6.07 Å². The molecule has 1 rings (SSSR count). The Morgan fingerprint density at radius 2 is 2.17 bits per heavy atom. The molecule has 4 heteroatoms. The van der Waals surface area contributed by atoms with Gasteiger partial charge < -0.3 is 5.11 Å². The van der Waals surface area contributed by atoms with Crippen molar-refractivity contribution < 1.29 is 9.90 Å². The van der Waals surface area contributed by atoms with Crippen LogP contribution in [-0.4, -0.2) is 22.6 Å². The van der Waals surface area contributed by atoms with Crippen LogP contribution in [0.5, 0.6) is 0 Å². The third-order valence-corrected chi connectivity index (χ3v) is 3.16. The van der Waals surface area contributed by atoms with Gasteiger partial charge in [-0.3, -0.25) is 4.79 Å². The third kappa shape index (κ3) is 2.15. The van der Waals surface area contributed by atoms with Crippen LogP contribution in [0.1, 0.15) is 12.8 Å². The van der Waals surface area contributed by atoms with E-state index in [1.807, 2.05) is 0 Å². The van der Waals surface area contributed by atoms with Gasteiger partial charge in [0.2, 0.25) is 0 Å². The summed E-state index contributed by atoms with van der Waals surface area (Å²) in [5.41, 5.74) is 0. The molecule has 0 aromatic rings. The molecular formula is C8H11NO2S. The van der Waals surface area contributed by atoms with Gasteiger partial charge in [0.25, 0.3) is 0 Å². The molecule has 0 amide bonds. The zero-order valence-corrected chi connectivity index (χ0v) is 7.51. The van der Waals surface area contributed by atoms with Crippen molar-refractivity contribution in [3.05, 3.63) is 0 Å². The maximum Gasteiger partial charge on any atom is 0.307 e. The van der Waals surface area contributed by atoms with Gasteiger partial charge in [-0.25, -0.2) is 0 Å². The minimum atomic E-state index is -0.816. The molecular weight excluding hydrogens is 174 g/mol. The van der Waals surface area contributed by atoms with Gasteiger partial charge in [0.1, 0.15) is 0 Å². The summed E-state index contributed by atoms with van der Waals surface area (Å²) < 4.78 is 0. The number of hydrogen-bond donors (Lipinski definition) is 1.